The molecule has 2 saturated heterocycles. The Morgan fingerprint density at radius 3 is 2.88 bits per heavy atom. The predicted octanol–water partition coefficient (Wildman–Crippen LogP) is 3.89. The third-order valence-electron chi connectivity index (χ3n) is 5.68. The number of carbonyl (C=O) groups excluding carboxylic acids is 1. The van der Waals surface area contributed by atoms with Crippen LogP contribution in [0.1, 0.15) is 43.7 Å². The molecule has 2 aromatic rings. The molecule has 2 atom stereocenters. The maximum Gasteiger partial charge on any atom is 0.223 e. The summed E-state index contributed by atoms with van der Waals surface area (Å²) in [5, 5.41) is 5.96. The summed E-state index contributed by atoms with van der Waals surface area (Å²) in [6.45, 7) is 3.11. The second-order valence-corrected chi connectivity index (χ2v) is 7.21. The van der Waals surface area contributed by atoms with E-state index >= 15 is 0 Å². The zero-order valence-electron chi connectivity index (χ0n) is 14.2. The number of nitrogens with one attached hydrogen (secondary N) is 1. The zero-order chi connectivity index (χ0) is 16.4. The Morgan fingerprint density at radius 2 is 2.00 bits per heavy atom. The third-order valence-corrected chi connectivity index (χ3v) is 5.68. The molecule has 2 heterocycles. The van der Waals surface area contributed by atoms with Crippen LogP contribution < -0.4 is 5.32 Å². The summed E-state index contributed by atoms with van der Waals surface area (Å²) >= 11 is 0. The van der Waals surface area contributed by atoms with Gasteiger partial charge in [-0.2, -0.15) is 0 Å². The molecule has 2 aromatic carbocycles. The fraction of sp³-hybridized carbons (Fsp3) is 0.476. The Labute approximate surface area is 144 Å². The van der Waals surface area contributed by atoms with Gasteiger partial charge in [-0.1, -0.05) is 42.5 Å². The maximum absolute atomic E-state index is 12.8. The van der Waals surface area contributed by atoms with Crippen LogP contribution in [0.25, 0.3) is 10.8 Å². The van der Waals surface area contributed by atoms with E-state index in [1.807, 2.05) is 0 Å². The summed E-state index contributed by atoms with van der Waals surface area (Å²) < 4.78 is 0. The molecule has 0 saturated carbocycles. The largest absolute Gasteiger partial charge is 0.336 e. The molecule has 24 heavy (non-hydrogen) atoms. The lowest BCUT2D eigenvalue weighted by Gasteiger charge is -2.26. The van der Waals surface area contributed by atoms with Crippen LogP contribution in [0.2, 0.25) is 0 Å². The average molecular weight is 322 g/mol. The lowest BCUT2D eigenvalue weighted by atomic mass is 9.96. The SMILES string of the molecule is O=C(CCC1CCNC1)N1CCCC1c1cccc2ccccc12. The first-order chi connectivity index (χ1) is 11.8. The molecule has 2 fully saturated rings. The van der Waals surface area contributed by atoms with Crippen molar-refractivity contribution >= 4 is 16.7 Å². The number of likely N-dealkylation sites (tertiary alicyclic amines) is 1. The molecule has 0 aliphatic carbocycles. The fourth-order valence-electron chi connectivity index (χ4n) is 4.36. The quantitative estimate of drug-likeness (QED) is 0.926. The van der Waals surface area contributed by atoms with Crippen LogP contribution in [0, 0.1) is 5.92 Å². The van der Waals surface area contributed by atoms with Crippen LogP contribution in [-0.4, -0.2) is 30.4 Å². The van der Waals surface area contributed by atoms with Crippen molar-refractivity contribution < 1.29 is 4.79 Å². The fourth-order valence-corrected chi connectivity index (χ4v) is 4.36. The number of rotatable bonds is 4. The monoisotopic (exact) mass is 322 g/mol. The van der Waals surface area contributed by atoms with Crippen LogP contribution in [0.5, 0.6) is 0 Å². The molecular formula is C21H26N2O. The minimum Gasteiger partial charge on any atom is -0.336 e. The number of hydrogen-bond donors (Lipinski definition) is 1. The zero-order valence-corrected chi connectivity index (χ0v) is 14.2. The first-order valence-corrected chi connectivity index (χ1v) is 9.31. The summed E-state index contributed by atoms with van der Waals surface area (Å²) in [5.74, 6) is 1.03. The molecule has 1 amide bonds. The van der Waals surface area contributed by atoms with Crippen molar-refractivity contribution in [3.63, 3.8) is 0 Å². The molecule has 1 N–H and O–H groups in total. The molecule has 0 aromatic heterocycles. The summed E-state index contributed by atoms with van der Waals surface area (Å²) in [7, 11) is 0. The molecular weight excluding hydrogens is 296 g/mol. The van der Waals surface area contributed by atoms with Crippen LogP contribution in [0.15, 0.2) is 42.5 Å². The molecule has 0 spiro atoms. The van der Waals surface area contributed by atoms with Gasteiger partial charge in [0.1, 0.15) is 0 Å². The summed E-state index contributed by atoms with van der Waals surface area (Å²) in [6.07, 6.45) is 5.16. The normalized spacial score (nSPS) is 23.9. The van der Waals surface area contributed by atoms with Gasteiger partial charge in [-0.15, -0.1) is 0 Å². The van der Waals surface area contributed by atoms with Gasteiger partial charge in [-0.25, -0.2) is 0 Å². The number of benzene rings is 2. The summed E-state index contributed by atoms with van der Waals surface area (Å²) in [5.41, 5.74) is 1.32. The van der Waals surface area contributed by atoms with Crippen molar-refractivity contribution in [2.24, 2.45) is 5.92 Å². The Morgan fingerprint density at radius 1 is 1.12 bits per heavy atom. The van der Waals surface area contributed by atoms with Crippen LogP contribution in [-0.2, 0) is 4.79 Å². The molecule has 2 aliphatic rings. The maximum atomic E-state index is 12.8. The van der Waals surface area contributed by atoms with Gasteiger partial charge in [0.05, 0.1) is 6.04 Å². The van der Waals surface area contributed by atoms with Crippen molar-refractivity contribution in [1.29, 1.82) is 0 Å². The van der Waals surface area contributed by atoms with Crippen molar-refractivity contribution in [3.05, 3.63) is 48.0 Å². The van der Waals surface area contributed by atoms with Crippen molar-refractivity contribution in [2.45, 2.75) is 38.1 Å². The molecule has 4 rings (SSSR count). The molecule has 3 nitrogen and oxygen atoms in total. The predicted molar refractivity (Wildman–Crippen MR) is 97.8 cm³/mol. The van der Waals surface area contributed by atoms with Gasteiger partial charge in [0.25, 0.3) is 0 Å². The first kappa shape index (κ1) is 15.6. The molecule has 0 bridgehead atoms. The molecule has 0 radical (unpaired) electrons. The minimum atomic E-state index is 0.255. The highest BCUT2D eigenvalue weighted by Gasteiger charge is 2.31. The van der Waals surface area contributed by atoms with Crippen LogP contribution >= 0.6 is 0 Å². The van der Waals surface area contributed by atoms with Gasteiger partial charge in [0.2, 0.25) is 5.91 Å². The Bertz CT molecular complexity index is 715. The number of fused-ring (bicyclic) bond motifs is 1. The van der Waals surface area contributed by atoms with Gasteiger partial charge in [0.15, 0.2) is 0 Å². The topological polar surface area (TPSA) is 32.3 Å². The number of carbonyl (C=O) groups is 1. The van der Waals surface area contributed by atoms with Gasteiger partial charge < -0.3 is 10.2 Å². The highest BCUT2D eigenvalue weighted by molar-refractivity contribution is 5.87. The molecule has 2 aliphatic heterocycles. The van der Waals surface area contributed by atoms with Gasteiger partial charge in [0, 0.05) is 13.0 Å². The second-order valence-electron chi connectivity index (χ2n) is 7.21. The van der Waals surface area contributed by atoms with E-state index in [1.54, 1.807) is 0 Å². The van der Waals surface area contributed by atoms with Crippen molar-refractivity contribution in [3.8, 4) is 0 Å². The van der Waals surface area contributed by atoms with E-state index in [0.717, 1.165) is 38.9 Å². The van der Waals surface area contributed by atoms with Crippen molar-refractivity contribution in [1.82, 2.24) is 10.2 Å². The van der Waals surface area contributed by atoms with E-state index in [2.05, 4.69) is 52.7 Å². The number of nitrogens with zero attached hydrogens (tertiary/aromatic N) is 1. The van der Waals surface area contributed by atoms with Crippen molar-refractivity contribution in [2.75, 3.05) is 19.6 Å². The van der Waals surface area contributed by atoms with Crippen LogP contribution in [0.3, 0.4) is 0 Å². The second kappa shape index (κ2) is 6.94. The molecule has 3 heteroatoms. The first-order valence-electron chi connectivity index (χ1n) is 9.31. The summed E-state index contributed by atoms with van der Waals surface area (Å²) in [6, 6.07) is 15.3. The number of hydrogen-bond acceptors (Lipinski definition) is 2. The molecule has 2 unspecified atom stereocenters. The Balaban J connectivity index is 1.52. The van der Waals surface area contributed by atoms with E-state index in [1.165, 1.54) is 22.8 Å². The van der Waals surface area contributed by atoms with E-state index in [0.29, 0.717) is 18.2 Å². The summed E-state index contributed by atoms with van der Waals surface area (Å²) in [4.78, 5) is 15.0. The Kier molecular flexibility index (Phi) is 4.52. The third kappa shape index (κ3) is 3.05. The van der Waals surface area contributed by atoms with E-state index in [4.69, 9.17) is 0 Å². The average Bonchev–Trinajstić information content (AvgIpc) is 3.31. The van der Waals surface area contributed by atoms with E-state index < -0.39 is 0 Å². The van der Waals surface area contributed by atoms with Gasteiger partial charge in [-0.3, -0.25) is 4.79 Å². The number of amides is 1. The highest BCUT2D eigenvalue weighted by atomic mass is 16.2. The highest BCUT2D eigenvalue weighted by Crippen LogP contribution is 2.36. The smallest absolute Gasteiger partial charge is 0.223 e. The van der Waals surface area contributed by atoms with Crippen LogP contribution in [0.4, 0.5) is 0 Å². The van der Waals surface area contributed by atoms with Gasteiger partial charge >= 0.3 is 0 Å². The van der Waals surface area contributed by atoms with E-state index in [-0.39, 0.29) is 6.04 Å². The molecule has 126 valence electrons. The van der Waals surface area contributed by atoms with E-state index in [9.17, 15) is 4.79 Å². The van der Waals surface area contributed by atoms with Gasteiger partial charge in [-0.05, 0) is 61.0 Å². The minimum absolute atomic E-state index is 0.255. The lowest BCUT2D eigenvalue weighted by molar-refractivity contribution is -0.132. The standard InChI is InChI=1S/C21H26N2O/c24-21(11-10-16-12-13-22-15-16)23-14-4-9-20(23)19-8-3-6-17-5-1-2-7-18(17)19/h1-3,5-8,16,20,22H,4,9-15H2. The Hall–Kier alpha value is -1.87. The lowest BCUT2D eigenvalue weighted by Crippen LogP contribution is -2.31.